The molecule has 49 heavy (non-hydrogen) atoms. The van der Waals surface area contributed by atoms with Gasteiger partial charge in [0.15, 0.2) is 0 Å². The highest BCUT2D eigenvalue weighted by atomic mass is 16.5. The van der Waals surface area contributed by atoms with Gasteiger partial charge in [-0.1, -0.05) is 75.2 Å². The van der Waals surface area contributed by atoms with Gasteiger partial charge >= 0.3 is 0 Å². The molecule has 6 aromatic rings. The summed E-state index contributed by atoms with van der Waals surface area (Å²) in [6, 6.07) is 32.8. The molecule has 2 aromatic heterocycles. The Labute approximate surface area is 289 Å². The Morgan fingerprint density at radius 2 is 0.857 bits per heavy atom. The highest BCUT2D eigenvalue weighted by Gasteiger charge is 2.26. The second-order valence-corrected chi connectivity index (χ2v) is 12.0. The zero-order valence-electron chi connectivity index (χ0n) is 28.5. The van der Waals surface area contributed by atoms with Crippen LogP contribution >= 0.6 is 0 Å². The third kappa shape index (κ3) is 8.19. The largest absolute Gasteiger partial charge is 0.497 e. The van der Waals surface area contributed by atoms with E-state index in [0.717, 1.165) is 70.8 Å². The molecule has 6 rings (SSSR count). The fourth-order valence-corrected chi connectivity index (χ4v) is 5.84. The highest BCUT2D eigenvalue weighted by molar-refractivity contribution is 5.60. The Bertz CT molecular complexity index is 1750. The predicted octanol–water partition coefficient (Wildman–Crippen LogP) is 9.42. The summed E-state index contributed by atoms with van der Waals surface area (Å²) in [5.74, 6) is 1.59. The summed E-state index contributed by atoms with van der Waals surface area (Å²) in [6.07, 6.45) is 10.4. The number of aryl methyl sites for hydroxylation is 2. The molecule has 2 heterocycles. The average Bonchev–Trinajstić information content (AvgIpc) is 3.17. The van der Waals surface area contributed by atoms with Gasteiger partial charge in [0, 0.05) is 11.1 Å². The topological polar surface area (TPSA) is 79.2 Å². The number of hydrogen-bond donors (Lipinski definition) is 0. The summed E-state index contributed by atoms with van der Waals surface area (Å²) >= 11 is 0. The molecule has 0 aliphatic rings. The van der Waals surface area contributed by atoms with Crippen LogP contribution in [0.15, 0.2) is 122 Å². The number of nitrogens with zero attached hydrogens (tertiary/aromatic N) is 4. The number of rotatable bonds is 14. The standard InChI is InChI=1S/C42H42N4O3/c1-5-7-29-9-13-33(14-10-29)41(39-27-43-37(25-45-39)31-17-21-35(47-3)22-18-31)49-42(34-15-11-30(8-6-2)12-16-34)40-28-44-38(26-46-40)32-19-23-36(48-4)24-20-32/h9-28,41-42H,5-8H2,1-4H3. The molecule has 4 aromatic carbocycles. The summed E-state index contributed by atoms with van der Waals surface area (Å²) in [4.78, 5) is 19.5. The Hall–Kier alpha value is -5.40. The van der Waals surface area contributed by atoms with Crippen molar-refractivity contribution in [2.24, 2.45) is 0 Å². The van der Waals surface area contributed by atoms with Gasteiger partial charge in [-0.3, -0.25) is 19.9 Å². The molecular formula is C42H42N4O3. The van der Waals surface area contributed by atoms with Crippen LogP contribution in [0.1, 0.15) is 72.5 Å². The molecule has 7 nitrogen and oxygen atoms in total. The van der Waals surface area contributed by atoms with Gasteiger partial charge in [0.25, 0.3) is 0 Å². The molecule has 0 radical (unpaired) electrons. The van der Waals surface area contributed by atoms with Crippen LogP contribution in [0.2, 0.25) is 0 Å². The minimum Gasteiger partial charge on any atom is -0.497 e. The lowest BCUT2D eigenvalue weighted by Gasteiger charge is -2.25. The van der Waals surface area contributed by atoms with Crippen molar-refractivity contribution in [2.45, 2.75) is 51.7 Å². The van der Waals surface area contributed by atoms with Gasteiger partial charge < -0.3 is 14.2 Å². The molecule has 2 atom stereocenters. The van der Waals surface area contributed by atoms with Crippen molar-refractivity contribution < 1.29 is 14.2 Å². The first-order chi connectivity index (χ1) is 24.1. The van der Waals surface area contributed by atoms with Gasteiger partial charge in [0.2, 0.25) is 0 Å². The Balaban J connectivity index is 1.38. The van der Waals surface area contributed by atoms with Gasteiger partial charge in [-0.25, -0.2) is 0 Å². The van der Waals surface area contributed by atoms with Crippen LogP contribution in [0.5, 0.6) is 11.5 Å². The molecule has 0 aliphatic carbocycles. The lowest BCUT2D eigenvalue weighted by molar-refractivity contribution is 0.0258. The van der Waals surface area contributed by atoms with Crippen LogP contribution in [0.25, 0.3) is 22.5 Å². The van der Waals surface area contributed by atoms with Crippen molar-refractivity contribution in [3.63, 3.8) is 0 Å². The van der Waals surface area contributed by atoms with Crippen molar-refractivity contribution in [2.75, 3.05) is 14.2 Å². The summed E-state index contributed by atoms with van der Waals surface area (Å²) in [7, 11) is 3.32. The Kier molecular flexibility index (Phi) is 11.0. The van der Waals surface area contributed by atoms with E-state index in [1.54, 1.807) is 26.6 Å². The molecule has 7 heteroatoms. The van der Waals surface area contributed by atoms with E-state index in [9.17, 15) is 0 Å². The Morgan fingerprint density at radius 3 is 1.16 bits per heavy atom. The SMILES string of the molecule is CCCc1ccc(C(OC(c2ccc(CCC)cc2)c2cnc(-c3ccc(OC)cc3)cn2)c2cnc(-c3ccc(OC)cc3)cn2)cc1. The van der Waals surface area contributed by atoms with E-state index in [1.807, 2.05) is 60.9 Å². The molecule has 0 bridgehead atoms. The van der Waals surface area contributed by atoms with Crippen molar-refractivity contribution in [3.05, 3.63) is 155 Å². The lowest BCUT2D eigenvalue weighted by atomic mass is 10.00. The predicted molar refractivity (Wildman–Crippen MR) is 194 cm³/mol. The van der Waals surface area contributed by atoms with E-state index in [4.69, 9.17) is 34.1 Å². The monoisotopic (exact) mass is 650 g/mol. The van der Waals surface area contributed by atoms with E-state index < -0.39 is 12.2 Å². The van der Waals surface area contributed by atoms with E-state index in [-0.39, 0.29) is 0 Å². The number of ether oxygens (including phenoxy) is 3. The van der Waals surface area contributed by atoms with Crippen LogP contribution in [0.3, 0.4) is 0 Å². The maximum absolute atomic E-state index is 7.11. The van der Waals surface area contributed by atoms with Crippen molar-refractivity contribution in [1.82, 2.24) is 19.9 Å². The number of hydrogen-bond acceptors (Lipinski definition) is 7. The summed E-state index contributed by atoms with van der Waals surface area (Å²) in [6.45, 7) is 4.38. The van der Waals surface area contributed by atoms with Crippen LogP contribution in [-0.2, 0) is 17.6 Å². The highest BCUT2D eigenvalue weighted by Crippen LogP contribution is 2.36. The molecule has 0 saturated heterocycles. The molecule has 2 unspecified atom stereocenters. The Morgan fingerprint density at radius 1 is 0.469 bits per heavy atom. The minimum absolute atomic E-state index is 0.517. The van der Waals surface area contributed by atoms with Crippen molar-refractivity contribution >= 4 is 0 Å². The summed E-state index contributed by atoms with van der Waals surface area (Å²) < 4.78 is 17.8. The van der Waals surface area contributed by atoms with Crippen LogP contribution in [0.4, 0.5) is 0 Å². The van der Waals surface area contributed by atoms with Gasteiger partial charge in [0.05, 0.1) is 61.8 Å². The second kappa shape index (κ2) is 16.1. The van der Waals surface area contributed by atoms with Gasteiger partial charge in [-0.2, -0.15) is 0 Å². The van der Waals surface area contributed by atoms with Crippen LogP contribution in [-0.4, -0.2) is 34.2 Å². The van der Waals surface area contributed by atoms with Crippen molar-refractivity contribution in [1.29, 1.82) is 0 Å². The van der Waals surface area contributed by atoms with E-state index in [0.29, 0.717) is 11.4 Å². The zero-order valence-corrected chi connectivity index (χ0v) is 28.5. The molecular weight excluding hydrogens is 608 g/mol. The molecule has 0 N–H and O–H groups in total. The first-order valence-electron chi connectivity index (χ1n) is 16.8. The summed E-state index contributed by atoms with van der Waals surface area (Å²) in [5.41, 5.74) is 9.41. The third-order valence-electron chi connectivity index (χ3n) is 8.57. The molecule has 0 fully saturated rings. The fraction of sp³-hybridized carbons (Fsp3) is 0.238. The number of methoxy groups -OCH3 is 2. The molecule has 0 amide bonds. The first kappa shape index (κ1) is 33.5. The maximum Gasteiger partial charge on any atom is 0.127 e. The zero-order chi connectivity index (χ0) is 34.0. The quantitative estimate of drug-likeness (QED) is 0.116. The van der Waals surface area contributed by atoms with Gasteiger partial charge in [0.1, 0.15) is 23.7 Å². The van der Waals surface area contributed by atoms with Crippen LogP contribution < -0.4 is 9.47 Å². The molecule has 0 spiro atoms. The lowest BCUT2D eigenvalue weighted by Crippen LogP contribution is -2.16. The molecule has 248 valence electrons. The smallest absolute Gasteiger partial charge is 0.127 e. The fourth-order valence-electron chi connectivity index (χ4n) is 5.84. The second-order valence-electron chi connectivity index (χ2n) is 12.0. The first-order valence-corrected chi connectivity index (χ1v) is 16.8. The average molecular weight is 651 g/mol. The molecule has 0 aliphatic heterocycles. The van der Waals surface area contributed by atoms with Crippen LogP contribution in [0, 0.1) is 0 Å². The van der Waals surface area contributed by atoms with Crippen molar-refractivity contribution in [3.8, 4) is 34.0 Å². The molecule has 0 saturated carbocycles. The minimum atomic E-state index is -0.517. The van der Waals surface area contributed by atoms with E-state index in [1.165, 1.54) is 11.1 Å². The normalized spacial score (nSPS) is 12.3. The maximum atomic E-state index is 7.11. The summed E-state index contributed by atoms with van der Waals surface area (Å²) in [5, 5.41) is 0. The van der Waals surface area contributed by atoms with Gasteiger partial charge in [-0.05, 0) is 83.6 Å². The number of aromatic nitrogens is 4. The number of benzene rings is 4. The third-order valence-corrected chi connectivity index (χ3v) is 8.57. The van der Waals surface area contributed by atoms with E-state index >= 15 is 0 Å². The van der Waals surface area contributed by atoms with Gasteiger partial charge in [-0.15, -0.1) is 0 Å². The van der Waals surface area contributed by atoms with E-state index in [2.05, 4.69) is 62.4 Å².